The molecule has 0 spiro atoms. The largest absolute Gasteiger partial charge is 0.458 e. The fraction of sp³-hybridized carbons (Fsp3) is 0.778. The molecule has 1 rings (SSSR count). The van der Waals surface area contributed by atoms with Crippen LogP contribution in [0.15, 0.2) is 12.7 Å². The van der Waals surface area contributed by atoms with Gasteiger partial charge in [0.25, 0.3) is 0 Å². The van der Waals surface area contributed by atoms with Crippen molar-refractivity contribution < 1.29 is 19.1 Å². The normalized spacial score (nSPS) is 23.3. The summed E-state index contributed by atoms with van der Waals surface area (Å²) in [5.74, 6) is -0.291. The van der Waals surface area contributed by atoms with Crippen LogP contribution in [0, 0.1) is 5.92 Å². The number of carbonyl (C=O) groups is 2. The van der Waals surface area contributed by atoms with Crippen LogP contribution < -0.4 is 5.32 Å². The summed E-state index contributed by atoms with van der Waals surface area (Å²) in [6, 6.07) is 0.903. The van der Waals surface area contributed by atoms with Gasteiger partial charge in [-0.15, -0.1) is 6.58 Å². The molecule has 0 aromatic heterocycles. The minimum absolute atomic E-state index is 0.0786. The van der Waals surface area contributed by atoms with Crippen molar-refractivity contribution in [1.82, 2.24) is 5.32 Å². The van der Waals surface area contributed by atoms with Crippen molar-refractivity contribution in [2.75, 3.05) is 6.61 Å². The van der Waals surface area contributed by atoms with Gasteiger partial charge < -0.3 is 14.8 Å². The number of carbonyl (C=O) groups excluding carboxylic acids is 2. The monoisotopic (exact) mass is 355 g/mol. The molecule has 1 saturated carbocycles. The first-order valence-corrected chi connectivity index (χ1v) is 12.4. The van der Waals surface area contributed by atoms with Crippen LogP contribution in [0.1, 0.15) is 40.0 Å². The summed E-state index contributed by atoms with van der Waals surface area (Å²) in [4.78, 5) is 24.7. The Morgan fingerprint density at radius 1 is 1.33 bits per heavy atom. The maximum atomic E-state index is 12.6. The Hall–Kier alpha value is -1.30. The van der Waals surface area contributed by atoms with Gasteiger partial charge in [-0.25, -0.2) is 9.59 Å². The molecule has 6 heteroatoms. The summed E-state index contributed by atoms with van der Waals surface area (Å²) < 4.78 is 10.8. The van der Waals surface area contributed by atoms with Crippen LogP contribution in [0.2, 0.25) is 25.7 Å². The van der Waals surface area contributed by atoms with Crippen molar-refractivity contribution in [3.8, 4) is 0 Å². The van der Waals surface area contributed by atoms with Gasteiger partial charge in [-0.2, -0.15) is 0 Å². The molecule has 0 bridgehead atoms. The number of allylic oxidation sites excluding steroid dienone is 1. The second-order valence-electron chi connectivity index (χ2n) is 8.81. The molecule has 24 heavy (non-hydrogen) atoms. The van der Waals surface area contributed by atoms with Gasteiger partial charge in [0.1, 0.15) is 11.1 Å². The Morgan fingerprint density at radius 3 is 2.46 bits per heavy atom. The van der Waals surface area contributed by atoms with Crippen LogP contribution in [-0.4, -0.2) is 37.9 Å². The number of amides is 1. The van der Waals surface area contributed by atoms with Gasteiger partial charge in [0.2, 0.25) is 0 Å². The molecule has 0 aromatic rings. The average molecular weight is 356 g/mol. The Bertz CT molecular complexity index is 478. The number of nitrogens with one attached hydrogen (secondary N) is 1. The van der Waals surface area contributed by atoms with Crippen molar-refractivity contribution in [3.63, 3.8) is 0 Å². The lowest BCUT2D eigenvalue weighted by atomic mass is 10.1. The Balaban J connectivity index is 2.65. The standard InChI is InChI=1S/C18H33NO4Si/c1-8-9-10-14-13-18(14,15(20)23-17(2,3)4)19-16(21)22-11-12-24(5,6)7/h8,14H,1,9-13H2,2-7H3,(H,19,21). The molecule has 2 unspecified atom stereocenters. The number of ether oxygens (including phenoxy) is 2. The molecule has 1 aliphatic rings. The zero-order valence-corrected chi connectivity index (χ0v) is 17.0. The topological polar surface area (TPSA) is 64.6 Å². The lowest BCUT2D eigenvalue weighted by molar-refractivity contribution is -0.159. The molecule has 0 aliphatic heterocycles. The minimum atomic E-state index is -1.26. The molecular formula is C18H33NO4Si. The van der Waals surface area contributed by atoms with Gasteiger partial charge in [-0.1, -0.05) is 25.7 Å². The number of rotatable bonds is 8. The van der Waals surface area contributed by atoms with Gasteiger partial charge in [0.05, 0.1) is 6.61 Å². The van der Waals surface area contributed by atoms with Crippen LogP contribution in [0.4, 0.5) is 4.79 Å². The maximum Gasteiger partial charge on any atom is 0.408 e. The van der Waals surface area contributed by atoms with Gasteiger partial charge in [0, 0.05) is 8.07 Å². The third kappa shape index (κ3) is 6.67. The fourth-order valence-electron chi connectivity index (χ4n) is 2.49. The van der Waals surface area contributed by atoms with Crippen molar-refractivity contribution in [2.24, 2.45) is 5.92 Å². The highest BCUT2D eigenvalue weighted by Crippen LogP contribution is 2.48. The van der Waals surface area contributed by atoms with Crippen molar-refractivity contribution in [3.05, 3.63) is 12.7 Å². The van der Waals surface area contributed by atoms with Gasteiger partial charge in [-0.05, 0) is 52.0 Å². The number of alkyl carbamates (subject to hydrolysis) is 1. The third-order valence-corrected chi connectivity index (χ3v) is 5.70. The first-order valence-electron chi connectivity index (χ1n) is 8.69. The molecule has 1 N–H and O–H groups in total. The van der Waals surface area contributed by atoms with E-state index in [0.717, 1.165) is 18.9 Å². The lowest BCUT2D eigenvalue weighted by Crippen LogP contribution is -2.48. The Labute approximate surface area is 147 Å². The Morgan fingerprint density at radius 2 is 1.96 bits per heavy atom. The van der Waals surface area contributed by atoms with E-state index in [2.05, 4.69) is 31.5 Å². The van der Waals surface area contributed by atoms with E-state index in [1.54, 1.807) is 0 Å². The predicted octanol–water partition coefficient (Wildman–Crippen LogP) is 4.12. The van der Waals surface area contributed by atoms with Gasteiger partial charge >= 0.3 is 12.1 Å². The first-order chi connectivity index (χ1) is 10.9. The summed E-state index contributed by atoms with van der Waals surface area (Å²) in [5.41, 5.74) is -1.52. The predicted molar refractivity (Wildman–Crippen MR) is 98.8 cm³/mol. The zero-order valence-electron chi connectivity index (χ0n) is 16.0. The molecule has 5 nitrogen and oxygen atoms in total. The highest BCUT2D eigenvalue weighted by Gasteiger charge is 2.62. The number of hydrogen-bond donors (Lipinski definition) is 1. The van der Waals surface area contributed by atoms with E-state index in [-0.39, 0.29) is 11.9 Å². The molecule has 0 saturated heterocycles. The van der Waals surface area contributed by atoms with Crippen LogP contribution >= 0.6 is 0 Å². The number of esters is 1. The van der Waals surface area contributed by atoms with E-state index in [0.29, 0.717) is 13.0 Å². The van der Waals surface area contributed by atoms with Gasteiger partial charge in [-0.3, -0.25) is 0 Å². The highest BCUT2D eigenvalue weighted by molar-refractivity contribution is 6.76. The molecular weight excluding hydrogens is 322 g/mol. The smallest absolute Gasteiger partial charge is 0.408 e. The summed E-state index contributed by atoms with van der Waals surface area (Å²) in [5, 5.41) is 2.78. The van der Waals surface area contributed by atoms with E-state index in [4.69, 9.17) is 9.47 Å². The average Bonchev–Trinajstić information content (AvgIpc) is 3.07. The summed E-state index contributed by atoms with van der Waals surface area (Å²) in [7, 11) is -1.26. The molecule has 1 fully saturated rings. The second kappa shape index (κ2) is 7.72. The van der Waals surface area contributed by atoms with Crippen LogP contribution in [0.5, 0.6) is 0 Å². The zero-order chi connectivity index (χ0) is 18.6. The number of hydrogen-bond acceptors (Lipinski definition) is 4. The molecule has 2 atom stereocenters. The molecule has 1 amide bonds. The van der Waals surface area contributed by atoms with E-state index in [9.17, 15) is 9.59 Å². The van der Waals surface area contributed by atoms with Gasteiger partial charge in [0.15, 0.2) is 0 Å². The summed E-state index contributed by atoms with van der Waals surface area (Å²) >= 11 is 0. The van der Waals surface area contributed by atoms with E-state index >= 15 is 0 Å². The van der Waals surface area contributed by atoms with Crippen molar-refractivity contribution in [1.29, 1.82) is 0 Å². The second-order valence-corrected chi connectivity index (χ2v) is 14.4. The Kier molecular flexibility index (Phi) is 6.67. The third-order valence-electron chi connectivity index (χ3n) is 4.00. The van der Waals surface area contributed by atoms with Crippen LogP contribution in [0.25, 0.3) is 0 Å². The summed E-state index contributed by atoms with van der Waals surface area (Å²) in [6.07, 6.45) is 3.50. The molecule has 1 aliphatic carbocycles. The summed E-state index contributed by atoms with van der Waals surface area (Å²) in [6.45, 7) is 16.3. The maximum absolute atomic E-state index is 12.6. The molecule has 0 aromatic carbocycles. The van der Waals surface area contributed by atoms with E-state index < -0.39 is 25.3 Å². The minimum Gasteiger partial charge on any atom is -0.458 e. The quantitative estimate of drug-likeness (QED) is 0.404. The van der Waals surface area contributed by atoms with E-state index in [1.165, 1.54) is 0 Å². The SMILES string of the molecule is C=CCCC1CC1(NC(=O)OCC[Si](C)(C)C)C(=O)OC(C)(C)C. The lowest BCUT2D eigenvalue weighted by Gasteiger charge is -2.25. The first kappa shape index (κ1) is 20.7. The molecule has 0 radical (unpaired) electrons. The molecule has 0 heterocycles. The van der Waals surface area contributed by atoms with E-state index in [1.807, 2.05) is 26.8 Å². The van der Waals surface area contributed by atoms with Crippen molar-refractivity contribution >= 4 is 20.1 Å². The van der Waals surface area contributed by atoms with Crippen LogP contribution in [-0.2, 0) is 14.3 Å². The van der Waals surface area contributed by atoms with Crippen LogP contribution in [0.3, 0.4) is 0 Å². The highest BCUT2D eigenvalue weighted by atomic mass is 28.3. The fourth-order valence-corrected chi connectivity index (χ4v) is 3.20. The van der Waals surface area contributed by atoms with Crippen molar-refractivity contribution in [2.45, 2.75) is 76.9 Å². The molecule has 138 valence electrons.